The van der Waals surface area contributed by atoms with E-state index in [9.17, 15) is 4.79 Å². The van der Waals surface area contributed by atoms with Crippen molar-refractivity contribution in [2.45, 2.75) is 33.1 Å². The van der Waals surface area contributed by atoms with Crippen molar-refractivity contribution >= 4 is 10.9 Å². The highest BCUT2D eigenvalue weighted by Gasteiger charge is 2.15. The van der Waals surface area contributed by atoms with Crippen LogP contribution in [0, 0.1) is 12.8 Å². The van der Waals surface area contributed by atoms with Gasteiger partial charge in [-0.05, 0) is 68.5 Å². The van der Waals surface area contributed by atoms with Gasteiger partial charge in [0.25, 0.3) is 5.56 Å². The molecular formula is C24H30N4O2. The normalized spacial score (nSPS) is 17.4. The van der Waals surface area contributed by atoms with Gasteiger partial charge < -0.3 is 9.64 Å². The predicted octanol–water partition coefficient (Wildman–Crippen LogP) is 3.80. The standard InChI is InChI=1S/C24H30N4O2/c1-17-6-4-11-28(16-17)12-5-13-30-20-9-7-19(8-10-20)23-26-22-18(2)14-25-15-21(22)24(29)27(23)3/h7-10,14-15,17H,4-6,11-13,16H2,1-3H3/t17-/m0/s1. The number of aryl methyl sites for hydroxylation is 1. The number of hydrogen-bond donors (Lipinski definition) is 0. The molecule has 1 saturated heterocycles. The van der Waals surface area contributed by atoms with Gasteiger partial charge in [-0.2, -0.15) is 0 Å². The van der Waals surface area contributed by atoms with Crippen LogP contribution in [0.2, 0.25) is 0 Å². The van der Waals surface area contributed by atoms with Gasteiger partial charge in [-0.15, -0.1) is 0 Å². The molecule has 0 saturated carbocycles. The van der Waals surface area contributed by atoms with Crippen molar-refractivity contribution in [3.8, 4) is 17.1 Å². The molecule has 3 aromatic rings. The Labute approximate surface area is 177 Å². The molecule has 0 spiro atoms. The topological polar surface area (TPSA) is 60.3 Å². The maximum absolute atomic E-state index is 12.7. The maximum Gasteiger partial charge on any atom is 0.262 e. The first-order valence-electron chi connectivity index (χ1n) is 10.8. The zero-order chi connectivity index (χ0) is 21.1. The minimum absolute atomic E-state index is 0.0847. The van der Waals surface area contributed by atoms with Crippen molar-refractivity contribution in [1.29, 1.82) is 0 Å². The summed E-state index contributed by atoms with van der Waals surface area (Å²) in [6.07, 6.45) is 7.02. The fourth-order valence-corrected chi connectivity index (χ4v) is 4.25. The lowest BCUT2D eigenvalue weighted by Crippen LogP contribution is -2.35. The number of nitrogens with zero attached hydrogens (tertiary/aromatic N) is 4. The van der Waals surface area contributed by atoms with E-state index in [-0.39, 0.29) is 5.56 Å². The monoisotopic (exact) mass is 406 g/mol. The number of rotatable bonds is 6. The highest BCUT2D eigenvalue weighted by atomic mass is 16.5. The molecule has 4 rings (SSSR count). The average Bonchev–Trinajstić information content (AvgIpc) is 2.75. The van der Waals surface area contributed by atoms with Gasteiger partial charge in [0.2, 0.25) is 0 Å². The second-order valence-electron chi connectivity index (χ2n) is 8.43. The highest BCUT2D eigenvalue weighted by molar-refractivity contribution is 5.81. The maximum atomic E-state index is 12.7. The van der Waals surface area contributed by atoms with Crippen molar-refractivity contribution in [3.63, 3.8) is 0 Å². The van der Waals surface area contributed by atoms with Crippen LogP contribution < -0.4 is 10.3 Å². The number of fused-ring (bicyclic) bond motifs is 1. The Hall–Kier alpha value is -2.73. The van der Waals surface area contributed by atoms with E-state index in [2.05, 4.69) is 16.8 Å². The second-order valence-corrected chi connectivity index (χ2v) is 8.43. The molecule has 0 unspecified atom stereocenters. The van der Waals surface area contributed by atoms with Crippen LogP contribution in [0.5, 0.6) is 5.75 Å². The summed E-state index contributed by atoms with van der Waals surface area (Å²) in [5.74, 6) is 2.30. The van der Waals surface area contributed by atoms with Crippen molar-refractivity contribution in [3.05, 3.63) is 52.6 Å². The van der Waals surface area contributed by atoms with Crippen molar-refractivity contribution < 1.29 is 4.74 Å². The Bertz CT molecular complexity index is 1070. The molecule has 0 N–H and O–H groups in total. The third-order valence-electron chi connectivity index (χ3n) is 5.91. The average molecular weight is 407 g/mol. The van der Waals surface area contributed by atoms with E-state index in [1.807, 2.05) is 31.2 Å². The first kappa shape index (κ1) is 20.5. The van der Waals surface area contributed by atoms with E-state index in [0.717, 1.165) is 35.8 Å². The number of pyridine rings is 1. The van der Waals surface area contributed by atoms with Gasteiger partial charge in [0.15, 0.2) is 0 Å². The third kappa shape index (κ3) is 4.38. The minimum atomic E-state index is -0.0847. The summed E-state index contributed by atoms with van der Waals surface area (Å²) in [5.41, 5.74) is 2.41. The van der Waals surface area contributed by atoms with Crippen LogP contribution in [0.3, 0.4) is 0 Å². The summed E-state index contributed by atoms with van der Waals surface area (Å²) >= 11 is 0. The molecule has 0 amide bonds. The number of ether oxygens (including phenoxy) is 1. The number of hydrogen-bond acceptors (Lipinski definition) is 5. The Kier molecular flexibility index (Phi) is 6.13. The van der Waals surface area contributed by atoms with Gasteiger partial charge in [0.1, 0.15) is 11.6 Å². The van der Waals surface area contributed by atoms with Gasteiger partial charge in [-0.3, -0.25) is 14.3 Å². The van der Waals surface area contributed by atoms with Crippen LogP contribution in [0.4, 0.5) is 0 Å². The van der Waals surface area contributed by atoms with E-state index in [4.69, 9.17) is 9.72 Å². The van der Waals surface area contributed by atoms with Crippen LogP contribution in [0.15, 0.2) is 41.5 Å². The van der Waals surface area contributed by atoms with Crippen molar-refractivity contribution in [2.24, 2.45) is 13.0 Å². The molecule has 0 radical (unpaired) electrons. The molecule has 2 aromatic heterocycles. The minimum Gasteiger partial charge on any atom is -0.494 e. The highest BCUT2D eigenvalue weighted by Crippen LogP contribution is 2.22. The predicted molar refractivity (Wildman–Crippen MR) is 120 cm³/mol. The second kappa shape index (κ2) is 8.96. The molecule has 0 aliphatic carbocycles. The summed E-state index contributed by atoms with van der Waals surface area (Å²) in [5, 5.41) is 0.546. The molecule has 1 aliphatic rings. The Morgan fingerprint density at radius 2 is 2.00 bits per heavy atom. The molecule has 1 aliphatic heterocycles. The summed E-state index contributed by atoms with van der Waals surface area (Å²) in [6, 6.07) is 7.83. The fraction of sp³-hybridized carbons (Fsp3) is 0.458. The third-order valence-corrected chi connectivity index (χ3v) is 5.91. The van der Waals surface area contributed by atoms with Crippen LogP contribution in [-0.2, 0) is 7.05 Å². The SMILES string of the molecule is Cc1cncc2c(=O)n(C)c(-c3ccc(OCCCN4CCC[C@H](C)C4)cc3)nc12. The van der Waals surface area contributed by atoms with Crippen LogP contribution in [0.25, 0.3) is 22.3 Å². The molecule has 3 heterocycles. The molecule has 1 fully saturated rings. The fourth-order valence-electron chi connectivity index (χ4n) is 4.25. The van der Waals surface area contributed by atoms with E-state index in [0.29, 0.717) is 23.3 Å². The van der Waals surface area contributed by atoms with Crippen molar-refractivity contribution in [2.75, 3.05) is 26.2 Å². The molecule has 30 heavy (non-hydrogen) atoms. The molecule has 6 heteroatoms. The van der Waals surface area contributed by atoms with E-state index < -0.39 is 0 Å². The lowest BCUT2D eigenvalue weighted by Gasteiger charge is -2.30. The molecule has 1 aromatic carbocycles. The zero-order valence-corrected chi connectivity index (χ0v) is 18.1. The van der Waals surface area contributed by atoms with E-state index in [1.165, 1.54) is 25.9 Å². The zero-order valence-electron chi connectivity index (χ0n) is 18.1. The lowest BCUT2D eigenvalue weighted by molar-refractivity contribution is 0.170. The number of benzene rings is 1. The van der Waals surface area contributed by atoms with E-state index in [1.54, 1.807) is 24.0 Å². The van der Waals surface area contributed by atoms with Gasteiger partial charge >= 0.3 is 0 Å². The lowest BCUT2D eigenvalue weighted by atomic mass is 10.0. The Morgan fingerprint density at radius 3 is 2.77 bits per heavy atom. The molecule has 6 nitrogen and oxygen atoms in total. The number of aromatic nitrogens is 3. The molecule has 158 valence electrons. The first-order chi connectivity index (χ1) is 14.5. The summed E-state index contributed by atoms with van der Waals surface area (Å²) in [4.78, 5) is 24.1. The van der Waals surface area contributed by atoms with Gasteiger partial charge in [-0.1, -0.05) is 6.92 Å². The van der Waals surface area contributed by atoms with Gasteiger partial charge in [0, 0.05) is 38.1 Å². The van der Waals surface area contributed by atoms with Crippen LogP contribution in [-0.4, -0.2) is 45.7 Å². The quantitative estimate of drug-likeness (QED) is 0.583. The van der Waals surface area contributed by atoms with Gasteiger partial charge in [0.05, 0.1) is 17.5 Å². The molecule has 1 atom stereocenters. The van der Waals surface area contributed by atoms with Gasteiger partial charge in [-0.25, -0.2) is 4.98 Å². The Balaban J connectivity index is 1.42. The number of likely N-dealkylation sites (tertiary alicyclic amines) is 1. The van der Waals surface area contributed by atoms with E-state index >= 15 is 0 Å². The van der Waals surface area contributed by atoms with Crippen LogP contribution in [0.1, 0.15) is 31.7 Å². The summed E-state index contributed by atoms with van der Waals surface area (Å²) in [6.45, 7) is 8.49. The number of piperidine rings is 1. The summed E-state index contributed by atoms with van der Waals surface area (Å²) in [7, 11) is 1.75. The summed E-state index contributed by atoms with van der Waals surface area (Å²) < 4.78 is 7.52. The molecular weight excluding hydrogens is 376 g/mol. The van der Waals surface area contributed by atoms with Crippen LogP contribution >= 0.6 is 0 Å². The van der Waals surface area contributed by atoms with Crippen molar-refractivity contribution in [1.82, 2.24) is 19.4 Å². The first-order valence-corrected chi connectivity index (χ1v) is 10.8. The largest absolute Gasteiger partial charge is 0.494 e. The molecule has 0 bridgehead atoms. The smallest absolute Gasteiger partial charge is 0.262 e. The Morgan fingerprint density at radius 1 is 1.20 bits per heavy atom.